The molecule has 0 saturated heterocycles. The number of carbonyl (C=O) groups excluding carboxylic acids is 1. The number of nitrogens with two attached hydrogens (primary N) is 1. The first-order valence-corrected chi connectivity index (χ1v) is 9.79. The molecule has 9 nitrogen and oxygen atoms in total. The second-order valence-electron chi connectivity index (χ2n) is 6.66. The molecule has 0 amide bonds. The molecule has 0 bridgehead atoms. The molecule has 0 aliphatic rings. The Kier molecular flexibility index (Phi) is 7.58. The zero-order valence-corrected chi connectivity index (χ0v) is 17.5. The van der Waals surface area contributed by atoms with E-state index in [4.69, 9.17) is 19.9 Å². The van der Waals surface area contributed by atoms with Crippen LogP contribution in [0.15, 0.2) is 48.5 Å². The van der Waals surface area contributed by atoms with Gasteiger partial charge >= 0.3 is 5.97 Å². The summed E-state index contributed by atoms with van der Waals surface area (Å²) in [7, 11) is 1.61. The molecule has 0 unspecified atom stereocenters. The number of methoxy groups -OCH3 is 1. The molecule has 3 aromatic rings. The summed E-state index contributed by atoms with van der Waals surface area (Å²) in [5.74, 6) is 1.71. The lowest BCUT2D eigenvalue weighted by Crippen LogP contribution is -2.12. The maximum absolute atomic E-state index is 12.0. The molecule has 0 spiro atoms. The summed E-state index contributed by atoms with van der Waals surface area (Å²) in [6.45, 7) is 2.27. The lowest BCUT2D eigenvalue weighted by molar-refractivity contribution is -0.145. The summed E-state index contributed by atoms with van der Waals surface area (Å²) < 4.78 is 15.9. The molecule has 3 N–H and O–H groups in total. The molecule has 0 aliphatic heterocycles. The first-order chi connectivity index (χ1) is 15.0. The van der Waals surface area contributed by atoms with E-state index in [1.54, 1.807) is 7.11 Å². The van der Waals surface area contributed by atoms with Gasteiger partial charge in [-0.05, 0) is 49.2 Å². The third-order valence-corrected chi connectivity index (χ3v) is 4.31. The second-order valence-corrected chi connectivity index (χ2v) is 6.66. The number of aromatic nitrogens is 3. The minimum absolute atomic E-state index is 0.0463. The number of rotatable bonds is 10. The average Bonchev–Trinajstić information content (AvgIpc) is 2.77. The van der Waals surface area contributed by atoms with Gasteiger partial charge in [-0.15, -0.1) is 0 Å². The number of anilines is 3. The standard InChI is InChI=1S/C22H25N5O4/c1-15-6-3-4-7-18(15)24-22-26-19(25-21(23)27-22)14-31-20(28)8-5-13-30-17-11-9-16(29-2)10-12-17/h3-4,6-7,9-12H,5,8,13-14H2,1-2H3,(H3,23,24,25,26,27). The smallest absolute Gasteiger partial charge is 0.306 e. The summed E-state index contributed by atoms with van der Waals surface area (Å²) in [5.41, 5.74) is 7.65. The van der Waals surface area contributed by atoms with Crippen molar-refractivity contribution in [2.45, 2.75) is 26.4 Å². The Balaban J connectivity index is 1.44. The van der Waals surface area contributed by atoms with Crippen LogP contribution in [0.5, 0.6) is 11.5 Å². The highest BCUT2D eigenvalue weighted by molar-refractivity contribution is 5.69. The van der Waals surface area contributed by atoms with Gasteiger partial charge in [0, 0.05) is 12.1 Å². The Hall–Kier alpha value is -3.88. The summed E-state index contributed by atoms with van der Waals surface area (Å²) in [4.78, 5) is 24.4. The van der Waals surface area contributed by atoms with Crippen molar-refractivity contribution in [2.75, 3.05) is 24.8 Å². The number of esters is 1. The number of aryl methyl sites for hydroxylation is 1. The van der Waals surface area contributed by atoms with Crippen LogP contribution in [0.1, 0.15) is 24.2 Å². The predicted molar refractivity (Wildman–Crippen MR) is 116 cm³/mol. The predicted octanol–water partition coefficient (Wildman–Crippen LogP) is 3.42. The van der Waals surface area contributed by atoms with Crippen molar-refractivity contribution in [2.24, 2.45) is 0 Å². The molecule has 0 aliphatic carbocycles. The quantitative estimate of drug-likeness (QED) is 0.373. The number of carbonyl (C=O) groups is 1. The molecule has 162 valence electrons. The number of hydrogen-bond donors (Lipinski definition) is 2. The van der Waals surface area contributed by atoms with Crippen LogP contribution in [0.25, 0.3) is 0 Å². The Bertz CT molecular complexity index is 1010. The van der Waals surface area contributed by atoms with Gasteiger partial charge in [0.2, 0.25) is 11.9 Å². The summed E-state index contributed by atoms with van der Waals surface area (Å²) in [6.07, 6.45) is 0.731. The van der Waals surface area contributed by atoms with E-state index >= 15 is 0 Å². The fourth-order valence-electron chi connectivity index (χ4n) is 2.69. The normalized spacial score (nSPS) is 10.4. The van der Waals surface area contributed by atoms with Crippen LogP contribution in [0.4, 0.5) is 17.6 Å². The molecule has 3 rings (SSSR count). The van der Waals surface area contributed by atoms with Crippen molar-refractivity contribution in [3.8, 4) is 11.5 Å². The van der Waals surface area contributed by atoms with Gasteiger partial charge < -0.3 is 25.3 Å². The number of benzene rings is 2. The van der Waals surface area contributed by atoms with Crippen LogP contribution < -0.4 is 20.5 Å². The van der Waals surface area contributed by atoms with Gasteiger partial charge in [-0.25, -0.2) is 0 Å². The van der Waals surface area contributed by atoms with Crippen LogP contribution in [0.2, 0.25) is 0 Å². The van der Waals surface area contributed by atoms with Crippen molar-refractivity contribution in [3.05, 3.63) is 59.9 Å². The van der Waals surface area contributed by atoms with E-state index in [9.17, 15) is 4.79 Å². The Morgan fingerprint density at radius 2 is 1.77 bits per heavy atom. The highest BCUT2D eigenvalue weighted by Crippen LogP contribution is 2.18. The molecule has 0 atom stereocenters. The summed E-state index contributed by atoms with van der Waals surface area (Å²) in [5, 5.41) is 3.10. The molecule has 1 aromatic heterocycles. The lowest BCUT2D eigenvalue weighted by atomic mass is 10.2. The number of nitrogen functional groups attached to an aromatic ring is 1. The highest BCUT2D eigenvalue weighted by atomic mass is 16.5. The van der Waals surface area contributed by atoms with E-state index in [-0.39, 0.29) is 30.8 Å². The molecule has 2 aromatic carbocycles. The Morgan fingerprint density at radius 1 is 1.03 bits per heavy atom. The van der Waals surface area contributed by atoms with Crippen molar-refractivity contribution in [1.29, 1.82) is 0 Å². The number of ether oxygens (including phenoxy) is 3. The molecular formula is C22H25N5O4. The number of para-hydroxylation sites is 1. The van der Waals surface area contributed by atoms with Crippen LogP contribution in [-0.2, 0) is 16.1 Å². The molecule has 31 heavy (non-hydrogen) atoms. The monoisotopic (exact) mass is 423 g/mol. The maximum atomic E-state index is 12.0. The molecule has 0 saturated carbocycles. The topological polar surface area (TPSA) is 121 Å². The van der Waals surface area contributed by atoms with E-state index in [2.05, 4.69) is 20.3 Å². The third kappa shape index (κ3) is 6.84. The largest absolute Gasteiger partial charge is 0.497 e. The highest BCUT2D eigenvalue weighted by Gasteiger charge is 2.09. The second kappa shape index (κ2) is 10.8. The van der Waals surface area contributed by atoms with E-state index < -0.39 is 0 Å². The maximum Gasteiger partial charge on any atom is 0.306 e. The van der Waals surface area contributed by atoms with Gasteiger partial charge in [0.15, 0.2) is 12.4 Å². The van der Waals surface area contributed by atoms with Crippen LogP contribution in [0.3, 0.4) is 0 Å². The molecule has 9 heteroatoms. The van der Waals surface area contributed by atoms with Gasteiger partial charge in [0.05, 0.1) is 13.7 Å². The third-order valence-electron chi connectivity index (χ3n) is 4.31. The van der Waals surface area contributed by atoms with Crippen LogP contribution in [0, 0.1) is 6.92 Å². The van der Waals surface area contributed by atoms with Gasteiger partial charge in [-0.2, -0.15) is 15.0 Å². The molecule has 1 heterocycles. The van der Waals surface area contributed by atoms with Crippen molar-refractivity contribution < 1.29 is 19.0 Å². The minimum Gasteiger partial charge on any atom is -0.497 e. The van der Waals surface area contributed by atoms with Crippen LogP contribution >= 0.6 is 0 Å². The van der Waals surface area contributed by atoms with E-state index in [1.807, 2.05) is 55.5 Å². The zero-order chi connectivity index (χ0) is 22.1. The molecule has 0 radical (unpaired) electrons. The summed E-state index contributed by atoms with van der Waals surface area (Å²) >= 11 is 0. The van der Waals surface area contributed by atoms with Gasteiger partial charge in [-0.3, -0.25) is 4.79 Å². The number of hydrogen-bond acceptors (Lipinski definition) is 9. The van der Waals surface area contributed by atoms with E-state index in [1.165, 1.54) is 0 Å². The van der Waals surface area contributed by atoms with E-state index in [0.717, 1.165) is 17.0 Å². The number of nitrogens with one attached hydrogen (secondary N) is 1. The van der Waals surface area contributed by atoms with Gasteiger partial charge in [0.25, 0.3) is 0 Å². The lowest BCUT2D eigenvalue weighted by Gasteiger charge is -2.10. The fraction of sp³-hybridized carbons (Fsp3) is 0.273. The minimum atomic E-state index is -0.370. The first kappa shape index (κ1) is 21.8. The molecule has 0 fully saturated rings. The van der Waals surface area contributed by atoms with Crippen molar-refractivity contribution in [1.82, 2.24) is 15.0 Å². The fourth-order valence-corrected chi connectivity index (χ4v) is 2.69. The SMILES string of the molecule is COc1ccc(OCCCC(=O)OCc2nc(N)nc(Nc3ccccc3C)n2)cc1. The molecular weight excluding hydrogens is 398 g/mol. The average molecular weight is 423 g/mol. The number of nitrogens with zero attached hydrogens (tertiary/aromatic N) is 3. The zero-order valence-electron chi connectivity index (χ0n) is 17.5. The van der Waals surface area contributed by atoms with E-state index in [0.29, 0.717) is 24.7 Å². The van der Waals surface area contributed by atoms with Gasteiger partial charge in [-0.1, -0.05) is 18.2 Å². The van der Waals surface area contributed by atoms with Gasteiger partial charge in [0.1, 0.15) is 11.5 Å². The Labute approximate surface area is 180 Å². The van der Waals surface area contributed by atoms with Crippen molar-refractivity contribution >= 4 is 23.6 Å². The van der Waals surface area contributed by atoms with Crippen molar-refractivity contribution in [3.63, 3.8) is 0 Å². The summed E-state index contributed by atoms with van der Waals surface area (Å²) in [6, 6.07) is 15.0. The Morgan fingerprint density at radius 3 is 2.52 bits per heavy atom. The van der Waals surface area contributed by atoms with Crippen LogP contribution in [-0.4, -0.2) is 34.6 Å². The first-order valence-electron chi connectivity index (χ1n) is 9.79.